The van der Waals surface area contributed by atoms with Crippen LogP contribution in [-0.4, -0.2) is 61.5 Å². The Morgan fingerprint density at radius 3 is 2.52 bits per heavy atom. The van der Waals surface area contributed by atoms with Gasteiger partial charge in [0.15, 0.2) is 0 Å². The molecule has 8 nitrogen and oxygen atoms in total. The summed E-state index contributed by atoms with van der Waals surface area (Å²) in [6.45, 7) is 3.57. The minimum Gasteiger partial charge on any atom is -0.493 e. The van der Waals surface area contributed by atoms with Crippen molar-refractivity contribution >= 4 is 17.7 Å². The molecule has 1 aromatic heterocycles. The second-order valence-corrected chi connectivity index (χ2v) is 5.05. The third-order valence-electron chi connectivity index (χ3n) is 3.42. The third kappa shape index (κ3) is 3.49. The number of aryl methyl sites for hydroxylation is 1. The smallest absolute Gasteiger partial charge is 0.275 e. The summed E-state index contributed by atoms with van der Waals surface area (Å²) < 4.78 is 1.32. The minimum atomic E-state index is -0.266. The van der Waals surface area contributed by atoms with Crippen LogP contribution in [0.5, 0.6) is 5.88 Å². The van der Waals surface area contributed by atoms with Gasteiger partial charge in [0.2, 0.25) is 5.88 Å². The Kier molecular flexibility index (Phi) is 5.30. The van der Waals surface area contributed by atoms with Gasteiger partial charge in [-0.05, 0) is 26.0 Å². The zero-order valence-corrected chi connectivity index (χ0v) is 13.1. The molecule has 0 radical (unpaired) electrons. The Balaban J connectivity index is 2.19. The van der Waals surface area contributed by atoms with Crippen molar-refractivity contribution < 1.29 is 20.1 Å². The highest BCUT2D eigenvalue weighted by atomic mass is 16.3. The molecule has 2 rings (SSSR count). The maximum atomic E-state index is 12.1. The molecule has 1 aliphatic rings. The Morgan fingerprint density at radius 1 is 1.17 bits per heavy atom. The molecule has 0 atom stereocenters. The van der Waals surface area contributed by atoms with Gasteiger partial charge in [0.05, 0.1) is 48.8 Å². The van der Waals surface area contributed by atoms with Gasteiger partial charge in [-0.3, -0.25) is 4.79 Å². The van der Waals surface area contributed by atoms with Crippen LogP contribution in [0, 0.1) is 6.92 Å². The summed E-state index contributed by atoms with van der Waals surface area (Å²) in [4.78, 5) is 12.1. The summed E-state index contributed by atoms with van der Waals surface area (Å²) in [5.41, 5.74) is 2.16. The van der Waals surface area contributed by atoms with Crippen LogP contribution in [-0.2, 0) is 11.3 Å². The average Bonchev–Trinajstić information content (AvgIpc) is 2.92. The first-order valence-electron chi connectivity index (χ1n) is 7.23. The number of carbonyl (C=O) groups is 1. The number of aliphatic hydroxyl groups is 2. The molecule has 0 bridgehead atoms. The number of aromatic hydroxyl groups is 1. The van der Waals surface area contributed by atoms with E-state index in [1.807, 2.05) is 0 Å². The monoisotopic (exact) mass is 320 g/mol. The molecule has 0 fully saturated rings. The number of hydrogen-bond donors (Lipinski definition) is 3. The summed E-state index contributed by atoms with van der Waals surface area (Å²) in [5.74, 6) is -0.297. The van der Waals surface area contributed by atoms with E-state index in [0.29, 0.717) is 22.5 Å². The number of allylic oxidation sites excluding steroid dienone is 2. The molecule has 1 amide bonds. The predicted molar refractivity (Wildman–Crippen MR) is 84.7 cm³/mol. The first kappa shape index (κ1) is 16.9. The SMILES string of the molecule is CC1=NN(CCO)C(=O)C1=CC=Cc1c(C)nn(CCO)c1O. The van der Waals surface area contributed by atoms with Crippen LogP contribution < -0.4 is 0 Å². The lowest BCUT2D eigenvalue weighted by Crippen LogP contribution is -2.25. The maximum Gasteiger partial charge on any atom is 0.275 e. The molecule has 1 aromatic rings. The number of rotatable bonds is 6. The van der Waals surface area contributed by atoms with Gasteiger partial charge in [0.1, 0.15) is 0 Å². The van der Waals surface area contributed by atoms with Crippen LogP contribution in [0.2, 0.25) is 0 Å². The van der Waals surface area contributed by atoms with E-state index < -0.39 is 0 Å². The van der Waals surface area contributed by atoms with Gasteiger partial charge < -0.3 is 15.3 Å². The molecule has 0 aromatic carbocycles. The van der Waals surface area contributed by atoms with E-state index in [-0.39, 0.29) is 38.1 Å². The Labute approximate surface area is 133 Å². The van der Waals surface area contributed by atoms with Crippen LogP contribution in [0.15, 0.2) is 22.8 Å². The molecule has 1 aliphatic heterocycles. The van der Waals surface area contributed by atoms with E-state index in [1.165, 1.54) is 9.69 Å². The topological polar surface area (TPSA) is 111 Å². The van der Waals surface area contributed by atoms with Gasteiger partial charge in [-0.1, -0.05) is 6.08 Å². The fourth-order valence-corrected chi connectivity index (χ4v) is 2.28. The number of aromatic nitrogens is 2. The molecule has 0 saturated heterocycles. The van der Waals surface area contributed by atoms with Crippen molar-refractivity contribution in [3.05, 3.63) is 29.0 Å². The van der Waals surface area contributed by atoms with Crippen LogP contribution in [0.4, 0.5) is 0 Å². The van der Waals surface area contributed by atoms with E-state index in [4.69, 9.17) is 10.2 Å². The number of aliphatic hydroxyl groups excluding tert-OH is 2. The number of amides is 1. The van der Waals surface area contributed by atoms with Gasteiger partial charge in [-0.2, -0.15) is 10.2 Å². The minimum absolute atomic E-state index is 0.0313. The summed E-state index contributed by atoms with van der Waals surface area (Å²) in [7, 11) is 0. The molecule has 3 N–H and O–H groups in total. The van der Waals surface area contributed by atoms with E-state index >= 15 is 0 Å². The Bertz CT molecular complexity index is 688. The molecule has 8 heteroatoms. The molecule has 0 unspecified atom stereocenters. The van der Waals surface area contributed by atoms with Crippen LogP contribution in [0.3, 0.4) is 0 Å². The average molecular weight is 320 g/mol. The lowest BCUT2D eigenvalue weighted by atomic mass is 10.1. The zero-order valence-electron chi connectivity index (χ0n) is 13.1. The predicted octanol–water partition coefficient (Wildman–Crippen LogP) is 0.0394. The van der Waals surface area contributed by atoms with Crippen molar-refractivity contribution in [2.45, 2.75) is 20.4 Å². The van der Waals surface area contributed by atoms with Crippen molar-refractivity contribution in [1.29, 1.82) is 0 Å². The summed E-state index contributed by atoms with van der Waals surface area (Å²) in [6, 6.07) is 0. The molecule has 23 heavy (non-hydrogen) atoms. The Hall–Kier alpha value is -2.45. The normalized spacial score (nSPS) is 16.9. The highest BCUT2D eigenvalue weighted by Crippen LogP contribution is 2.22. The van der Waals surface area contributed by atoms with Crippen LogP contribution in [0.25, 0.3) is 6.08 Å². The first-order valence-corrected chi connectivity index (χ1v) is 7.23. The number of hydrogen-bond acceptors (Lipinski definition) is 6. The highest BCUT2D eigenvalue weighted by molar-refractivity contribution is 6.24. The summed E-state index contributed by atoms with van der Waals surface area (Å²) in [6.07, 6.45) is 4.90. The molecule has 0 aliphatic carbocycles. The van der Waals surface area contributed by atoms with Gasteiger partial charge in [0, 0.05) is 0 Å². The maximum absolute atomic E-state index is 12.1. The summed E-state index contributed by atoms with van der Waals surface area (Å²) in [5, 5.41) is 37.3. The second-order valence-electron chi connectivity index (χ2n) is 5.05. The fraction of sp³-hybridized carbons (Fsp3) is 0.400. The van der Waals surface area contributed by atoms with Crippen molar-refractivity contribution in [1.82, 2.24) is 14.8 Å². The largest absolute Gasteiger partial charge is 0.493 e. The molecule has 124 valence electrons. The number of β-amino-alcohol motifs (C(OH)–C–C–N with tert-alkyl or cyclic N) is 1. The van der Waals surface area contributed by atoms with Crippen LogP contribution >= 0.6 is 0 Å². The van der Waals surface area contributed by atoms with Crippen molar-refractivity contribution in [3.63, 3.8) is 0 Å². The van der Waals surface area contributed by atoms with Crippen LogP contribution in [0.1, 0.15) is 18.2 Å². The lowest BCUT2D eigenvalue weighted by Gasteiger charge is -2.08. The number of nitrogens with zero attached hydrogens (tertiary/aromatic N) is 4. The highest BCUT2D eigenvalue weighted by Gasteiger charge is 2.26. The van der Waals surface area contributed by atoms with Gasteiger partial charge in [0.25, 0.3) is 5.91 Å². The molecular weight excluding hydrogens is 300 g/mol. The Morgan fingerprint density at radius 2 is 1.87 bits per heavy atom. The van der Waals surface area contributed by atoms with Gasteiger partial charge >= 0.3 is 0 Å². The van der Waals surface area contributed by atoms with Gasteiger partial charge in [-0.15, -0.1) is 0 Å². The van der Waals surface area contributed by atoms with E-state index in [2.05, 4.69) is 10.2 Å². The van der Waals surface area contributed by atoms with E-state index in [0.717, 1.165) is 0 Å². The molecular formula is C15H20N4O4. The number of hydrazone groups is 1. The van der Waals surface area contributed by atoms with Gasteiger partial charge in [-0.25, -0.2) is 9.69 Å². The summed E-state index contributed by atoms with van der Waals surface area (Å²) >= 11 is 0. The molecule has 2 heterocycles. The number of carbonyl (C=O) groups excluding carboxylic acids is 1. The standard InChI is InChI=1S/C15H20N4O4/c1-10-12(14(22)18(16-10)6-8-20)4-3-5-13-11(2)17-19(7-9-21)15(13)23/h3-5,20-22H,6-9H2,1-2H3. The molecule has 0 spiro atoms. The zero-order chi connectivity index (χ0) is 17.0. The fourth-order valence-electron chi connectivity index (χ4n) is 2.28. The van der Waals surface area contributed by atoms with Crippen molar-refractivity contribution in [3.8, 4) is 5.88 Å². The molecule has 0 saturated carbocycles. The van der Waals surface area contributed by atoms with Crippen molar-refractivity contribution in [2.24, 2.45) is 5.10 Å². The van der Waals surface area contributed by atoms with E-state index in [1.54, 1.807) is 32.1 Å². The van der Waals surface area contributed by atoms with E-state index in [9.17, 15) is 9.90 Å². The first-order chi connectivity index (χ1) is 11.0. The third-order valence-corrected chi connectivity index (χ3v) is 3.42. The lowest BCUT2D eigenvalue weighted by molar-refractivity contribution is -0.126. The quantitative estimate of drug-likeness (QED) is 0.641. The van der Waals surface area contributed by atoms with Crippen molar-refractivity contribution in [2.75, 3.05) is 19.8 Å². The second kappa shape index (κ2) is 7.21.